The first-order valence-corrected chi connectivity index (χ1v) is 9.36. The first-order valence-electron chi connectivity index (χ1n) is 9.36. The molecule has 1 aromatic carbocycles. The van der Waals surface area contributed by atoms with Gasteiger partial charge in [0.2, 0.25) is 0 Å². The van der Waals surface area contributed by atoms with E-state index < -0.39 is 0 Å². The van der Waals surface area contributed by atoms with Crippen molar-refractivity contribution in [3.8, 4) is 5.75 Å². The zero-order valence-electron chi connectivity index (χ0n) is 16.5. The van der Waals surface area contributed by atoms with E-state index in [1.165, 1.54) is 0 Å². The molecule has 2 amide bonds. The second-order valence-corrected chi connectivity index (χ2v) is 6.96. The molecule has 6 nitrogen and oxygen atoms in total. The number of nitrogens with one attached hydrogen (secondary N) is 1. The Kier molecular flexibility index (Phi) is 5.54. The summed E-state index contributed by atoms with van der Waals surface area (Å²) in [6.45, 7) is 8.08. The highest BCUT2D eigenvalue weighted by Crippen LogP contribution is 2.22. The minimum Gasteiger partial charge on any atom is -0.496 e. The van der Waals surface area contributed by atoms with Crippen LogP contribution in [0.4, 0.5) is 0 Å². The molecule has 1 N–H and O–H groups in total. The van der Waals surface area contributed by atoms with Crippen LogP contribution < -0.4 is 4.74 Å². The van der Waals surface area contributed by atoms with Crippen molar-refractivity contribution in [1.29, 1.82) is 0 Å². The highest BCUT2D eigenvalue weighted by molar-refractivity contribution is 5.97. The van der Waals surface area contributed by atoms with Crippen molar-refractivity contribution < 1.29 is 14.3 Å². The van der Waals surface area contributed by atoms with Gasteiger partial charge >= 0.3 is 0 Å². The van der Waals surface area contributed by atoms with Gasteiger partial charge in [0.15, 0.2) is 0 Å². The van der Waals surface area contributed by atoms with Crippen LogP contribution >= 0.6 is 0 Å². The molecule has 0 radical (unpaired) electrons. The number of aryl methyl sites for hydroxylation is 3. The third-order valence-corrected chi connectivity index (χ3v) is 5.14. The first-order chi connectivity index (χ1) is 12.9. The molecule has 2 heterocycles. The molecule has 0 spiro atoms. The number of methoxy groups -OCH3 is 1. The molecule has 144 valence electrons. The largest absolute Gasteiger partial charge is 0.496 e. The average Bonchev–Trinajstić information content (AvgIpc) is 3.04. The fourth-order valence-corrected chi connectivity index (χ4v) is 3.60. The summed E-state index contributed by atoms with van der Waals surface area (Å²) >= 11 is 0. The molecule has 1 saturated heterocycles. The smallest absolute Gasteiger partial charge is 0.255 e. The van der Waals surface area contributed by atoms with Crippen LogP contribution in [0, 0.1) is 13.8 Å². The van der Waals surface area contributed by atoms with Gasteiger partial charge in [-0.3, -0.25) is 9.59 Å². The zero-order chi connectivity index (χ0) is 19.6. The molecule has 6 heteroatoms. The number of hydrogen-bond donors (Lipinski definition) is 1. The van der Waals surface area contributed by atoms with Crippen LogP contribution in [-0.4, -0.2) is 59.9 Å². The van der Waals surface area contributed by atoms with Gasteiger partial charge in [-0.2, -0.15) is 0 Å². The van der Waals surface area contributed by atoms with Crippen molar-refractivity contribution in [3.63, 3.8) is 0 Å². The van der Waals surface area contributed by atoms with Crippen LogP contribution in [0.15, 0.2) is 24.3 Å². The van der Waals surface area contributed by atoms with Crippen LogP contribution in [0.25, 0.3) is 0 Å². The van der Waals surface area contributed by atoms with Crippen molar-refractivity contribution in [3.05, 3.63) is 52.3 Å². The molecule has 1 fully saturated rings. The highest BCUT2D eigenvalue weighted by Gasteiger charge is 2.27. The number of H-pyrrole nitrogens is 1. The summed E-state index contributed by atoms with van der Waals surface area (Å²) in [6, 6.07) is 7.45. The number of aromatic amines is 1. The molecule has 1 aromatic heterocycles. The predicted octanol–water partition coefficient (Wildman–Crippen LogP) is 2.80. The summed E-state index contributed by atoms with van der Waals surface area (Å²) in [5.41, 5.74) is 4.28. The Morgan fingerprint density at radius 2 is 1.67 bits per heavy atom. The molecule has 0 saturated carbocycles. The molecular formula is C21H27N3O3. The predicted molar refractivity (Wildman–Crippen MR) is 104 cm³/mol. The van der Waals surface area contributed by atoms with Gasteiger partial charge in [0.25, 0.3) is 11.8 Å². The maximum atomic E-state index is 12.8. The number of piperazine rings is 1. The maximum absolute atomic E-state index is 12.8. The number of nitrogens with zero attached hydrogens (tertiary/aromatic N) is 2. The van der Waals surface area contributed by atoms with Gasteiger partial charge in [-0.25, -0.2) is 0 Å². The van der Waals surface area contributed by atoms with Crippen molar-refractivity contribution in [2.24, 2.45) is 0 Å². The van der Waals surface area contributed by atoms with Crippen LogP contribution in [-0.2, 0) is 6.42 Å². The molecule has 0 aliphatic carbocycles. The SMILES string of the molecule is CCc1cc(C(=O)N2CCN(C(=O)c3cc(C)[nH]c3C)CC2)ccc1OC. The Labute approximate surface area is 160 Å². The van der Waals surface area contributed by atoms with E-state index in [0.29, 0.717) is 31.7 Å². The maximum Gasteiger partial charge on any atom is 0.255 e. The molecule has 1 aliphatic rings. The number of carbonyl (C=O) groups excluding carboxylic acids is 2. The van der Waals surface area contributed by atoms with Crippen LogP contribution in [0.5, 0.6) is 5.75 Å². The van der Waals surface area contributed by atoms with Gasteiger partial charge in [0, 0.05) is 43.1 Å². The summed E-state index contributed by atoms with van der Waals surface area (Å²) < 4.78 is 5.34. The lowest BCUT2D eigenvalue weighted by atomic mass is 10.1. The number of rotatable bonds is 4. The van der Waals surface area contributed by atoms with E-state index in [-0.39, 0.29) is 11.8 Å². The standard InChI is InChI=1S/C21H27N3O3/c1-5-16-13-17(6-7-19(16)27-4)20(25)23-8-10-24(11-9-23)21(26)18-12-14(2)22-15(18)3/h6-7,12-13,22H,5,8-11H2,1-4H3. The van der Waals surface area contributed by atoms with Gasteiger partial charge < -0.3 is 19.5 Å². The highest BCUT2D eigenvalue weighted by atomic mass is 16.5. The number of aromatic nitrogens is 1. The molecule has 1 aliphatic heterocycles. The Balaban J connectivity index is 1.66. The summed E-state index contributed by atoms with van der Waals surface area (Å²) in [4.78, 5) is 32.4. The van der Waals surface area contributed by atoms with Crippen molar-refractivity contribution in [2.45, 2.75) is 27.2 Å². The normalized spacial score (nSPS) is 14.4. The van der Waals surface area contributed by atoms with E-state index in [1.807, 2.05) is 54.8 Å². The molecule has 0 atom stereocenters. The van der Waals surface area contributed by atoms with E-state index in [0.717, 1.165) is 34.7 Å². The van der Waals surface area contributed by atoms with Crippen molar-refractivity contribution >= 4 is 11.8 Å². The average molecular weight is 369 g/mol. The van der Waals surface area contributed by atoms with Gasteiger partial charge in [-0.1, -0.05) is 6.92 Å². The number of hydrogen-bond acceptors (Lipinski definition) is 3. The lowest BCUT2D eigenvalue weighted by molar-refractivity contribution is 0.0535. The van der Waals surface area contributed by atoms with Gasteiger partial charge in [0.05, 0.1) is 12.7 Å². The summed E-state index contributed by atoms with van der Waals surface area (Å²) in [6.07, 6.45) is 0.808. The Bertz CT molecular complexity index is 848. The summed E-state index contributed by atoms with van der Waals surface area (Å²) in [5.74, 6) is 0.844. The Morgan fingerprint density at radius 3 is 2.19 bits per heavy atom. The third-order valence-electron chi connectivity index (χ3n) is 5.14. The van der Waals surface area contributed by atoms with Gasteiger partial charge in [-0.05, 0) is 50.1 Å². The number of amides is 2. The first kappa shape index (κ1) is 19.0. The Morgan fingerprint density at radius 1 is 1.04 bits per heavy atom. The molecule has 0 unspecified atom stereocenters. The van der Waals surface area contributed by atoms with E-state index >= 15 is 0 Å². The molecule has 27 heavy (non-hydrogen) atoms. The molecule has 3 rings (SSSR count). The molecular weight excluding hydrogens is 342 g/mol. The second-order valence-electron chi connectivity index (χ2n) is 6.96. The fourth-order valence-electron chi connectivity index (χ4n) is 3.60. The third kappa shape index (κ3) is 3.84. The Hall–Kier alpha value is -2.76. The quantitative estimate of drug-likeness (QED) is 0.901. The van der Waals surface area contributed by atoms with Gasteiger partial charge in [0.1, 0.15) is 5.75 Å². The van der Waals surface area contributed by atoms with E-state index in [1.54, 1.807) is 7.11 Å². The molecule has 0 bridgehead atoms. The lowest BCUT2D eigenvalue weighted by Gasteiger charge is -2.35. The fraction of sp³-hybridized carbons (Fsp3) is 0.429. The minimum atomic E-state index is 0.00752. The van der Waals surface area contributed by atoms with Crippen LogP contribution in [0.1, 0.15) is 44.6 Å². The summed E-state index contributed by atoms with van der Waals surface area (Å²) in [7, 11) is 1.64. The van der Waals surface area contributed by atoms with Gasteiger partial charge in [-0.15, -0.1) is 0 Å². The van der Waals surface area contributed by atoms with E-state index in [9.17, 15) is 9.59 Å². The lowest BCUT2D eigenvalue weighted by Crippen LogP contribution is -2.50. The van der Waals surface area contributed by atoms with Crippen molar-refractivity contribution in [1.82, 2.24) is 14.8 Å². The number of carbonyl (C=O) groups is 2. The van der Waals surface area contributed by atoms with Crippen LogP contribution in [0.3, 0.4) is 0 Å². The summed E-state index contributed by atoms with van der Waals surface area (Å²) in [5, 5.41) is 0. The minimum absolute atomic E-state index is 0.00752. The van der Waals surface area contributed by atoms with E-state index in [2.05, 4.69) is 4.98 Å². The van der Waals surface area contributed by atoms with E-state index in [4.69, 9.17) is 4.74 Å². The zero-order valence-corrected chi connectivity index (χ0v) is 16.5. The topological polar surface area (TPSA) is 65.6 Å². The second kappa shape index (κ2) is 7.86. The molecule has 2 aromatic rings. The number of ether oxygens (including phenoxy) is 1. The van der Waals surface area contributed by atoms with Crippen LogP contribution in [0.2, 0.25) is 0 Å². The van der Waals surface area contributed by atoms with Crippen molar-refractivity contribution in [2.75, 3.05) is 33.3 Å². The monoisotopic (exact) mass is 369 g/mol. The number of benzene rings is 1.